The third kappa shape index (κ3) is 4.25. The SMILES string of the molecule is CCCNC1CCC(C)CC1S(=O)(=O)CCC. The Bertz CT molecular complexity index is 311. The molecule has 0 aromatic heterocycles. The number of hydrogen-bond donors (Lipinski definition) is 1. The third-order valence-corrected chi connectivity index (χ3v) is 6.08. The van der Waals surface area contributed by atoms with Crippen molar-refractivity contribution >= 4 is 9.84 Å². The van der Waals surface area contributed by atoms with E-state index >= 15 is 0 Å². The van der Waals surface area contributed by atoms with E-state index < -0.39 is 9.84 Å². The van der Waals surface area contributed by atoms with E-state index in [1.54, 1.807) is 0 Å². The van der Waals surface area contributed by atoms with Crippen LogP contribution in [0.25, 0.3) is 0 Å². The summed E-state index contributed by atoms with van der Waals surface area (Å²) in [4.78, 5) is 0. The van der Waals surface area contributed by atoms with Gasteiger partial charge >= 0.3 is 0 Å². The van der Waals surface area contributed by atoms with E-state index in [1.807, 2.05) is 6.92 Å². The summed E-state index contributed by atoms with van der Waals surface area (Å²) in [6.45, 7) is 7.16. The van der Waals surface area contributed by atoms with E-state index in [0.29, 0.717) is 11.7 Å². The van der Waals surface area contributed by atoms with Gasteiger partial charge in [0, 0.05) is 6.04 Å². The largest absolute Gasteiger partial charge is 0.313 e. The maximum Gasteiger partial charge on any atom is 0.154 e. The van der Waals surface area contributed by atoms with E-state index in [1.165, 1.54) is 0 Å². The Hall–Kier alpha value is -0.0900. The summed E-state index contributed by atoms with van der Waals surface area (Å²) in [5, 5.41) is 3.27. The standard InChI is InChI=1S/C13H27NO2S/c1-4-8-14-12-7-6-11(3)10-13(12)17(15,16)9-5-2/h11-14H,4-10H2,1-3H3. The molecule has 0 amide bonds. The summed E-state index contributed by atoms with van der Waals surface area (Å²) < 4.78 is 24.5. The van der Waals surface area contributed by atoms with Crippen molar-refractivity contribution in [2.75, 3.05) is 12.3 Å². The van der Waals surface area contributed by atoms with Crippen molar-refractivity contribution in [1.29, 1.82) is 0 Å². The molecule has 0 aliphatic heterocycles. The highest BCUT2D eigenvalue weighted by Crippen LogP contribution is 2.29. The molecular weight excluding hydrogens is 234 g/mol. The van der Waals surface area contributed by atoms with Gasteiger partial charge in [0.15, 0.2) is 9.84 Å². The van der Waals surface area contributed by atoms with Crippen LogP contribution >= 0.6 is 0 Å². The van der Waals surface area contributed by atoms with Crippen LogP contribution in [-0.4, -0.2) is 32.0 Å². The Labute approximate surface area is 106 Å². The zero-order valence-corrected chi connectivity index (χ0v) is 12.2. The quantitative estimate of drug-likeness (QED) is 0.798. The molecule has 102 valence electrons. The summed E-state index contributed by atoms with van der Waals surface area (Å²) in [7, 11) is -2.91. The van der Waals surface area contributed by atoms with Crippen LogP contribution in [0.1, 0.15) is 52.9 Å². The lowest BCUT2D eigenvalue weighted by Crippen LogP contribution is -2.48. The first-order valence-corrected chi connectivity index (χ1v) is 8.67. The molecule has 0 bridgehead atoms. The Kier molecular flexibility index (Phi) is 5.93. The third-order valence-electron chi connectivity index (χ3n) is 3.66. The van der Waals surface area contributed by atoms with Gasteiger partial charge in [-0.15, -0.1) is 0 Å². The second kappa shape index (κ2) is 6.74. The second-order valence-corrected chi connectivity index (χ2v) is 7.72. The molecule has 1 rings (SSSR count). The summed E-state index contributed by atoms with van der Waals surface area (Å²) in [6, 6.07) is 0.183. The van der Waals surface area contributed by atoms with Crippen LogP contribution in [0.4, 0.5) is 0 Å². The minimum Gasteiger partial charge on any atom is -0.313 e. The van der Waals surface area contributed by atoms with Crippen LogP contribution in [0.15, 0.2) is 0 Å². The van der Waals surface area contributed by atoms with Crippen LogP contribution in [0.2, 0.25) is 0 Å². The van der Waals surface area contributed by atoms with Gasteiger partial charge in [-0.05, 0) is 44.6 Å². The van der Waals surface area contributed by atoms with E-state index in [9.17, 15) is 8.42 Å². The Balaban J connectivity index is 2.73. The number of rotatable bonds is 6. The van der Waals surface area contributed by atoms with Gasteiger partial charge in [-0.1, -0.05) is 20.8 Å². The van der Waals surface area contributed by atoms with Gasteiger partial charge in [0.1, 0.15) is 0 Å². The Morgan fingerprint density at radius 3 is 2.47 bits per heavy atom. The van der Waals surface area contributed by atoms with Crippen molar-refractivity contribution in [2.45, 2.75) is 64.2 Å². The summed E-state index contributed by atoms with van der Waals surface area (Å²) in [6.07, 6.45) is 4.79. The lowest BCUT2D eigenvalue weighted by atomic mass is 9.87. The molecule has 1 fully saturated rings. The molecule has 1 N–H and O–H groups in total. The molecule has 4 heteroatoms. The van der Waals surface area contributed by atoms with E-state index in [0.717, 1.165) is 38.6 Å². The molecule has 3 nitrogen and oxygen atoms in total. The molecule has 0 saturated heterocycles. The monoisotopic (exact) mass is 261 g/mol. The summed E-state index contributed by atoms with van der Waals surface area (Å²) in [5.41, 5.74) is 0. The smallest absolute Gasteiger partial charge is 0.154 e. The first-order chi connectivity index (χ1) is 8.01. The van der Waals surface area contributed by atoms with E-state index in [4.69, 9.17) is 0 Å². The predicted molar refractivity (Wildman–Crippen MR) is 73.0 cm³/mol. The maximum atomic E-state index is 12.3. The van der Waals surface area contributed by atoms with Crippen LogP contribution in [0.5, 0.6) is 0 Å². The minimum atomic E-state index is -2.91. The predicted octanol–water partition coefficient (Wildman–Crippen LogP) is 2.37. The first kappa shape index (κ1) is 15.0. The van der Waals surface area contributed by atoms with Gasteiger partial charge in [0.25, 0.3) is 0 Å². The number of hydrogen-bond acceptors (Lipinski definition) is 3. The van der Waals surface area contributed by atoms with E-state index in [2.05, 4.69) is 19.2 Å². The van der Waals surface area contributed by atoms with E-state index in [-0.39, 0.29) is 11.3 Å². The Morgan fingerprint density at radius 2 is 1.88 bits per heavy atom. The fourth-order valence-electron chi connectivity index (χ4n) is 2.72. The Morgan fingerprint density at radius 1 is 1.18 bits per heavy atom. The lowest BCUT2D eigenvalue weighted by Gasteiger charge is -2.35. The van der Waals surface area contributed by atoms with Gasteiger partial charge < -0.3 is 5.32 Å². The molecule has 1 aliphatic rings. The fraction of sp³-hybridized carbons (Fsp3) is 1.00. The van der Waals surface area contributed by atoms with Gasteiger partial charge in [0.2, 0.25) is 0 Å². The van der Waals surface area contributed by atoms with Gasteiger partial charge in [-0.2, -0.15) is 0 Å². The lowest BCUT2D eigenvalue weighted by molar-refractivity contribution is 0.308. The zero-order chi connectivity index (χ0) is 12.9. The van der Waals surface area contributed by atoms with Crippen LogP contribution < -0.4 is 5.32 Å². The number of sulfone groups is 1. The van der Waals surface area contributed by atoms with Crippen molar-refractivity contribution in [2.24, 2.45) is 5.92 Å². The molecular formula is C13H27NO2S. The van der Waals surface area contributed by atoms with Crippen LogP contribution in [0, 0.1) is 5.92 Å². The molecule has 1 saturated carbocycles. The molecule has 17 heavy (non-hydrogen) atoms. The summed E-state index contributed by atoms with van der Waals surface area (Å²) >= 11 is 0. The van der Waals surface area contributed by atoms with Crippen molar-refractivity contribution in [3.63, 3.8) is 0 Å². The first-order valence-electron chi connectivity index (χ1n) is 6.96. The molecule has 0 aromatic rings. The highest BCUT2D eigenvalue weighted by Gasteiger charge is 2.36. The molecule has 1 aliphatic carbocycles. The van der Waals surface area contributed by atoms with Crippen molar-refractivity contribution in [1.82, 2.24) is 5.32 Å². The van der Waals surface area contributed by atoms with Crippen molar-refractivity contribution in [3.8, 4) is 0 Å². The highest BCUT2D eigenvalue weighted by molar-refractivity contribution is 7.92. The topological polar surface area (TPSA) is 46.2 Å². The normalized spacial score (nSPS) is 30.4. The number of nitrogens with one attached hydrogen (secondary N) is 1. The molecule has 0 radical (unpaired) electrons. The molecule has 0 heterocycles. The zero-order valence-electron chi connectivity index (χ0n) is 11.4. The molecule has 0 spiro atoms. The average Bonchev–Trinajstić information content (AvgIpc) is 2.27. The minimum absolute atomic E-state index is 0.155. The summed E-state index contributed by atoms with van der Waals surface area (Å²) in [5.74, 6) is 0.889. The van der Waals surface area contributed by atoms with Crippen molar-refractivity contribution in [3.05, 3.63) is 0 Å². The maximum absolute atomic E-state index is 12.3. The van der Waals surface area contributed by atoms with Crippen LogP contribution in [0.3, 0.4) is 0 Å². The second-order valence-electron chi connectivity index (χ2n) is 5.38. The molecule has 3 atom stereocenters. The van der Waals surface area contributed by atoms with Crippen LogP contribution in [-0.2, 0) is 9.84 Å². The van der Waals surface area contributed by atoms with Crippen molar-refractivity contribution < 1.29 is 8.42 Å². The van der Waals surface area contributed by atoms with Gasteiger partial charge in [-0.3, -0.25) is 0 Å². The fourth-order valence-corrected chi connectivity index (χ4v) is 4.95. The average molecular weight is 261 g/mol. The van der Waals surface area contributed by atoms with Gasteiger partial charge in [0.05, 0.1) is 11.0 Å². The highest BCUT2D eigenvalue weighted by atomic mass is 32.2. The molecule has 0 aromatic carbocycles. The van der Waals surface area contributed by atoms with Gasteiger partial charge in [-0.25, -0.2) is 8.42 Å². The molecule has 3 unspecified atom stereocenters.